The van der Waals surface area contributed by atoms with Gasteiger partial charge in [-0.1, -0.05) is 6.42 Å². The Morgan fingerprint density at radius 1 is 1.28 bits per heavy atom. The summed E-state index contributed by atoms with van der Waals surface area (Å²) in [5.74, 6) is -1.11. The van der Waals surface area contributed by atoms with Crippen LogP contribution in [0.4, 0.5) is 20.4 Å². The standard InChI is InChI=1S/C12H17F2N3S/c1-15-11-7(13)6-8(14)12(17-11)16-9-4-3-5-10(9)18-2/h6,9-10H,3-5H2,1-2H3,(H2,15,16,17). The zero-order valence-electron chi connectivity index (χ0n) is 10.5. The Hall–Kier alpha value is -1.04. The first-order chi connectivity index (χ1) is 8.65. The second-order valence-electron chi connectivity index (χ2n) is 4.36. The summed E-state index contributed by atoms with van der Waals surface area (Å²) in [6.45, 7) is 0. The molecule has 2 atom stereocenters. The number of thioether (sulfide) groups is 1. The van der Waals surface area contributed by atoms with Crippen LogP contribution in [0.2, 0.25) is 0 Å². The topological polar surface area (TPSA) is 37.0 Å². The molecule has 0 amide bonds. The second-order valence-corrected chi connectivity index (χ2v) is 5.43. The third-order valence-corrected chi connectivity index (χ3v) is 4.41. The molecule has 0 spiro atoms. The Morgan fingerprint density at radius 3 is 2.67 bits per heavy atom. The first-order valence-corrected chi connectivity index (χ1v) is 7.27. The molecule has 1 heterocycles. The highest BCUT2D eigenvalue weighted by Crippen LogP contribution is 2.31. The van der Waals surface area contributed by atoms with Gasteiger partial charge in [-0.25, -0.2) is 13.8 Å². The van der Waals surface area contributed by atoms with E-state index in [1.54, 1.807) is 18.8 Å². The predicted octanol–water partition coefficient (Wildman–Crippen LogP) is 3.10. The Labute approximate surface area is 110 Å². The molecule has 1 aromatic heterocycles. The summed E-state index contributed by atoms with van der Waals surface area (Å²) >= 11 is 1.78. The van der Waals surface area contributed by atoms with E-state index in [1.807, 2.05) is 0 Å². The Kier molecular flexibility index (Phi) is 4.27. The molecular weight excluding hydrogens is 256 g/mol. The molecule has 1 aromatic rings. The molecular formula is C12H17F2N3S. The summed E-state index contributed by atoms with van der Waals surface area (Å²) < 4.78 is 26.9. The van der Waals surface area contributed by atoms with Crippen molar-refractivity contribution < 1.29 is 8.78 Å². The maximum atomic E-state index is 13.7. The average molecular weight is 273 g/mol. The fourth-order valence-corrected chi connectivity index (χ4v) is 3.23. The highest BCUT2D eigenvalue weighted by molar-refractivity contribution is 7.99. The van der Waals surface area contributed by atoms with Gasteiger partial charge in [-0.3, -0.25) is 0 Å². The largest absolute Gasteiger partial charge is 0.371 e. The number of nitrogens with zero attached hydrogens (tertiary/aromatic N) is 1. The van der Waals surface area contributed by atoms with E-state index in [0.717, 1.165) is 25.3 Å². The van der Waals surface area contributed by atoms with Gasteiger partial charge < -0.3 is 10.6 Å². The summed E-state index contributed by atoms with van der Waals surface area (Å²) in [7, 11) is 1.56. The number of aromatic nitrogens is 1. The first-order valence-electron chi connectivity index (χ1n) is 5.98. The van der Waals surface area contributed by atoms with Crippen molar-refractivity contribution in [2.24, 2.45) is 0 Å². The van der Waals surface area contributed by atoms with Gasteiger partial charge in [0, 0.05) is 24.4 Å². The van der Waals surface area contributed by atoms with Gasteiger partial charge in [0.1, 0.15) is 0 Å². The molecule has 2 N–H and O–H groups in total. The van der Waals surface area contributed by atoms with Gasteiger partial charge in [0.05, 0.1) is 0 Å². The van der Waals surface area contributed by atoms with Crippen molar-refractivity contribution in [3.8, 4) is 0 Å². The van der Waals surface area contributed by atoms with Crippen LogP contribution in [0.25, 0.3) is 0 Å². The Morgan fingerprint density at radius 2 is 2.00 bits per heavy atom. The van der Waals surface area contributed by atoms with Crippen LogP contribution in [-0.2, 0) is 0 Å². The molecule has 0 aromatic carbocycles. The number of halogens is 2. The van der Waals surface area contributed by atoms with Crippen LogP contribution in [0.15, 0.2) is 6.07 Å². The van der Waals surface area contributed by atoms with Crippen LogP contribution in [0.1, 0.15) is 19.3 Å². The minimum Gasteiger partial charge on any atom is -0.371 e. The second kappa shape index (κ2) is 5.73. The van der Waals surface area contributed by atoms with Crippen LogP contribution in [0.3, 0.4) is 0 Å². The smallest absolute Gasteiger partial charge is 0.168 e. The molecule has 1 saturated carbocycles. The third kappa shape index (κ3) is 2.68. The fourth-order valence-electron chi connectivity index (χ4n) is 2.29. The molecule has 100 valence electrons. The summed E-state index contributed by atoms with van der Waals surface area (Å²) in [6, 6.07) is 1.07. The lowest BCUT2D eigenvalue weighted by Gasteiger charge is -2.20. The van der Waals surface area contributed by atoms with E-state index in [4.69, 9.17) is 0 Å². The minimum absolute atomic E-state index is 0.0672. The average Bonchev–Trinajstić information content (AvgIpc) is 2.79. The molecule has 3 nitrogen and oxygen atoms in total. The number of hydrogen-bond acceptors (Lipinski definition) is 4. The molecule has 1 aliphatic carbocycles. The summed E-state index contributed by atoms with van der Waals surface area (Å²) in [4.78, 5) is 3.94. The number of pyridine rings is 1. The van der Waals surface area contributed by atoms with Gasteiger partial charge >= 0.3 is 0 Å². The minimum atomic E-state index is -0.673. The maximum Gasteiger partial charge on any atom is 0.168 e. The molecule has 1 fully saturated rings. The maximum absolute atomic E-state index is 13.7. The fraction of sp³-hybridized carbons (Fsp3) is 0.583. The van der Waals surface area contributed by atoms with E-state index in [2.05, 4.69) is 21.9 Å². The van der Waals surface area contributed by atoms with Gasteiger partial charge in [-0.2, -0.15) is 11.8 Å². The van der Waals surface area contributed by atoms with Crippen LogP contribution in [0.5, 0.6) is 0 Å². The number of nitrogens with one attached hydrogen (secondary N) is 2. The van der Waals surface area contributed by atoms with Gasteiger partial charge in [-0.15, -0.1) is 0 Å². The molecule has 2 unspecified atom stereocenters. The van der Waals surface area contributed by atoms with Gasteiger partial charge in [0.2, 0.25) is 0 Å². The molecule has 18 heavy (non-hydrogen) atoms. The summed E-state index contributed by atoms with van der Waals surface area (Å²) in [6.07, 6.45) is 5.31. The van der Waals surface area contributed by atoms with Crippen molar-refractivity contribution in [3.05, 3.63) is 17.7 Å². The molecule has 0 saturated heterocycles. The third-order valence-electron chi connectivity index (χ3n) is 3.24. The lowest BCUT2D eigenvalue weighted by Crippen LogP contribution is -2.27. The van der Waals surface area contributed by atoms with Crippen LogP contribution in [-0.4, -0.2) is 29.6 Å². The van der Waals surface area contributed by atoms with Crippen molar-refractivity contribution in [1.82, 2.24) is 4.98 Å². The van der Waals surface area contributed by atoms with E-state index in [1.165, 1.54) is 0 Å². The number of hydrogen-bond donors (Lipinski definition) is 2. The van der Waals surface area contributed by atoms with E-state index in [9.17, 15) is 8.78 Å². The van der Waals surface area contributed by atoms with Crippen LogP contribution >= 0.6 is 11.8 Å². The number of rotatable bonds is 4. The number of anilines is 2. The van der Waals surface area contributed by atoms with Gasteiger partial charge in [-0.05, 0) is 19.1 Å². The predicted molar refractivity (Wildman–Crippen MR) is 72.3 cm³/mol. The zero-order chi connectivity index (χ0) is 13.1. The Balaban J connectivity index is 2.18. The van der Waals surface area contributed by atoms with Crippen molar-refractivity contribution >= 4 is 23.4 Å². The lowest BCUT2D eigenvalue weighted by atomic mass is 10.2. The summed E-state index contributed by atoms with van der Waals surface area (Å²) in [5, 5.41) is 6.18. The molecule has 0 radical (unpaired) electrons. The molecule has 1 aliphatic rings. The highest BCUT2D eigenvalue weighted by atomic mass is 32.2. The monoisotopic (exact) mass is 273 g/mol. The lowest BCUT2D eigenvalue weighted by molar-refractivity contribution is 0.576. The summed E-state index contributed by atoms with van der Waals surface area (Å²) in [5.41, 5.74) is 0. The SMILES string of the molecule is CNc1nc(NC2CCCC2SC)c(F)cc1F. The van der Waals surface area contributed by atoms with E-state index in [0.29, 0.717) is 5.25 Å². The molecule has 2 rings (SSSR count). The first kappa shape index (κ1) is 13.4. The van der Waals surface area contributed by atoms with Crippen LogP contribution in [0, 0.1) is 11.6 Å². The molecule has 6 heteroatoms. The molecule has 0 aliphatic heterocycles. The normalized spacial score (nSPS) is 23.1. The van der Waals surface area contributed by atoms with Crippen molar-refractivity contribution in [3.63, 3.8) is 0 Å². The van der Waals surface area contributed by atoms with E-state index >= 15 is 0 Å². The van der Waals surface area contributed by atoms with Crippen molar-refractivity contribution in [2.75, 3.05) is 23.9 Å². The van der Waals surface area contributed by atoms with E-state index < -0.39 is 11.6 Å². The van der Waals surface area contributed by atoms with Crippen molar-refractivity contribution in [1.29, 1.82) is 0 Å². The van der Waals surface area contributed by atoms with Gasteiger partial charge in [0.25, 0.3) is 0 Å². The van der Waals surface area contributed by atoms with Crippen molar-refractivity contribution in [2.45, 2.75) is 30.6 Å². The van der Waals surface area contributed by atoms with E-state index in [-0.39, 0.29) is 17.7 Å². The molecule has 0 bridgehead atoms. The van der Waals surface area contributed by atoms with Gasteiger partial charge in [0.15, 0.2) is 23.3 Å². The Bertz CT molecular complexity index is 428. The quantitative estimate of drug-likeness (QED) is 0.884. The highest BCUT2D eigenvalue weighted by Gasteiger charge is 2.27. The zero-order valence-corrected chi connectivity index (χ0v) is 11.3. The van der Waals surface area contributed by atoms with Crippen LogP contribution < -0.4 is 10.6 Å².